The van der Waals surface area contributed by atoms with Gasteiger partial charge in [0.1, 0.15) is 11.6 Å². The summed E-state index contributed by atoms with van der Waals surface area (Å²) in [6, 6.07) is 12.7. The first-order valence-electron chi connectivity index (χ1n) is 6.32. The van der Waals surface area contributed by atoms with Gasteiger partial charge in [0, 0.05) is 4.47 Å². The van der Waals surface area contributed by atoms with E-state index >= 15 is 0 Å². The van der Waals surface area contributed by atoms with Crippen LogP contribution in [0.2, 0.25) is 0 Å². The standard InChI is InChI=1S/C16H15Br2FO/c1-10(2)20-15-5-3-11(4-6-15)16(18)12-7-13(17)9-14(19)8-12/h3-10,16H,1-2H3. The summed E-state index contributed by atoms with van der Waals surface area (Å²) in [5, 5.41) is 0. The monoisotopic (exact) mass is 400 g/mol. The van der Waals surface area contributed by atoms with Gasteiger partial charge in [0.05, 0.1) is 10.9 Å². The second-order valence-corrected chi connectivity index (χ2v) is 6.63. The minimum Gasteiger partial charge on any atom is -0.491 e. The van der Waals surface area contributed by atoms with Crippen molar-refractivity contribution in [3.63, 3.8) is 0 Å². The van der Waals surface area contributed by atoms with Crippen LogP contribution >= 0.6 is 31.9 Å². The highest BCUT2D eigenvalue weighted by Gasteiger charge is 2.12. The van der Waals surface area contributed by atoms with Crippen LogP contribution < -0.4 is 4.74 Å². The third-order valence-electron chi connectivity index (χ3n) is 2.72. The van der Waals surface area contributed by atoms with E-state index in [1.807, 2.05) is 44.2 Å². The lowest BCUT2D eigenvalue weighted by atomic mass is 10.0. The highest BCUT2D eigenvalue weighted by Crippen LogP contribution is 2.33. The van der Waals surface area contributed by atoms with Gasteiger partial charge in [-0.15, -0.1) is 0 Å². The number of hydrogen-bond acceptors (Lipinski definition) is 1. The van der Waals surface area contributed by atoms with E-state index in [1.165, 1.54) is 12.1 Å². The van der Waals surface area contributed by atoms with Crippen LogP contribution in [-0.4, -0.2) is 6.10 Å². The van der Waals surface area contributed by atoms with Crippen molar-refractivity contribution in [3.8, 4) is 5.75 Å². The van der Waals surface area contributed by atoms with Crippen molar-refractivity contribution >= 4 is 31.9 Å². The smallest absolute Gasteiger partial charge is 0.124 e. The maximum absolute atomic E-state index is 13.4. The van der Waals surface area contributed by atoms with Crippen LogP contribution in [-0.2, 0) is 0 Å². The molecule has 0 radical (unpaired) electrons. The number of rotatable bonds is 4. The van der Waals surface area contributed by atoms with Gasteiger partial charge in [-0.05, 0) is 55.3 Å². The summed E-state index contributed by atoms with van der Waals surface area (Å²) in [5.74, 6) is 0.586. The summed E-state index contributed by atoms with van der Waals surface area (Å²) in [4.78, 5) is -0.0531. The Morgan fingerprint density at radius 2 is 1.65 bits per heavy atom. The zero-order chi connectivity index (χ0) is 14.7. The topological polar surface area (TPSA) is 9.23 Å². The largest absolute Gasteiger partial charge is 0.491 e. The van der Waals surface area contributed by atoms with Crippen molar-refractivity contribution in [2.75, 3.05) is 0 Å². The predicted molar refractivity (Wildman–Crippen MR) is 87.1 cm³/mol. The SMILES string of the molecule is CC(C)Oc1ccc(C(Br)c2cc(F)cc(Br)c2)cc1. The summed E-state index contributed by atoms with van der Waals surface area (Å²) in [5.41, 5.74) is 1.92. The minimum atomic E-state index is -0.251. The number of hydrogen-bond donors (Lipinski definition) is 0. The summed E-state index contributed by atoms with van der Waals surface area (Å²) >= 11 is 6.92. The molecule has 0 amide bonds. The van der Waals surface area contributed by atoms with Crippen LogP contribution in [0.5, 0.6) is 5.75 Å². The Hall–Kier alpha value is -0.870. The molecule has 106 valence electrons. The van der Waals surface area contributed by atoms with E-state index in [0.29, 0.717) is 0 Å². The first kappa shape index (κ1) is 15.5. The Bertz CT molecular complexity index is 561. The molecule has 1 atom stereocenters. The van der Waals surface area contributed by atoms with Crippen molar-refractivity contribution in [2.45, 2.75) is 24.8 Å². The second-order valence-electron chi connectivity index (χ2n) is 4.80. The second kappa shape index (κ2) is 6.72. The molecule has 1 nitrogen and oxygen atoms in total. The zero-order valence-electron chi connectivity index (χ0n) is 11.2. The molecule has 0 saturated carbocycles. The van der Waals surface area contributed by atoms with E-state index in [9.17, 15) is 4.39 Å². The van der Waals surface area contributed by atoms with Gasteiger partial charge in [0.25, 0.3) is 0 Å². The van der Waals surface area contributed by atoms with Crippen LogP contribution in [0.25, 0.3) is 0 Å². The van der Waals surface area contributed by atoms with E-state index in [1.54, 1.807) is 0 Å². The Kier molecular flexibility index (Phi) is 5.22. The summed E-state index contributed by atoms with van der Waals surface area (Å²) in [7, 11) is 0. The highest BCUT2D eigenvalue weighted by atomic mass is 79.9. The third kappa shape index (κ3) is 4.06. The molecule has 0 N–H and O–H groups in total. The van der Waals surface area contributed by atoms with Gasteiger partial charge in [-0.3, -0.25) is 0 Å². The van der Waals surface area contributed by atoms with Gasteiger partial charge < -0.3 is 4.74 Å². The Labute approximate surface area is 135 Å². The number of alkyl halides is 1. The normalized spacial score (nSPS) is 12.5. The molecule has 0 fully saturated rings. The maximum atomic E-state index is 13.4. The average molecular weight is 402 g/mol. The lowest BCUT2D eigenvalue weighted by Crippen LogP contribution is -2.05. The quantitative estimate of drug-likeness (QED) is 0.583. The van der Waals surface area contributed by atoms with Gasteiger partial charge in [-0.25, -0.2) is 4.39 Å². The van der Waals surface area contributed by atoms with E-state index in [0.717, 1.165) is 21.3 Å². The first-order chi connectivity index (χ1) is 9.45. The highest BCUT2D eigenvalue weighted by molar-refractivity contribution is 9.10. The van der Waals surface area contributed by atoms with Gasteiger partial charge >= 0.3 is 0 Å². The number of benzene rings is 2. The van der Waals surface area contributed by atoms with E-state index < -0.39 is 0 Å². The fourth-order valence-corrected chi connectivity index (χ4v) is 2.95. The predicted octanol–water partition coefficient (Wildman–Crippen LogP) is 5.86. The van der Waals surface area contributed by atoms with Gasteiger partial charge in [0.2, 0.25) is 0 Å². The van der Waals surface area contributed by atoms with Crippen molar-refractivity contribution in [2.24, 2.45) is 0 Å². The van der Waals surface area contributed by atoms with Crippen molar-refractivity contribution in [1.29, 1.82) is 0 Å². The van der Waals surface area contributed by atoms with E-state index in [4.69, 9.17) is 4.74 Å². The molecule has 2 aromatic carbocycles. The van der Waals surface area contributed by atoms with Crippen LogP contribution in [0.1, 0.15) is 29.8 Å². The Balaban J connectivity index is 2.22. The molecule has 4 heteroatoms. The summed E-state index contributed by atoms with van der Waals surface area (Å²) < 4.78 is 19.8. The molecule has 0 spiro atoms. The van der Waals surface area contributed by atoms with Crippen molar-refractivity contribution in [1.82, 2.24) is 0 Å². The van der Waals surface area contributed by atoms with E-state index in [2.05, 4.69) is 31.9 Å². The summed E-state index contributed by atoms with van der Waals surface area (Å²) in [6.07, 6.45) is 0.153. The molecule has 0 bridgehead atoms. The molecule has 0 aliphatic heterocycles. The van der Waals surface area contributed by atoms with Crippen molar-refractivity contribution < 1.29 is 9.13 Å². The van der Waals surface area contributed by atoms with Crippen LogP contribution in [0.4, 0.5) is 4.39 Å². The molecule has 0 heterocycles. The molecule has 0 saturated heterocycles. The molecule has 0 aromatic heterocycles. The van der Waals surface area contributed by atoms with E-state index in [-0.39, 0.29) is 16.7 Å². The molecule has 0 aliphatic rings. The summed E-state index contributed by atoms with van der Waals surface area (Å²) in [6.45, 7) is 3.98. The first-order valence-corrected chi connectivity index (χ1v) is 8.03. The minimum absolute atomic E-state index is 0.0531. The van der Waals surface area contributed by atoms with Gasteiger partial charge in [0.15, 0.2) is 0 Å². The molecule has 2 rings (SSSR count). The molecule has 1 unspecified atom stereocenters. The molecular weight excluding hydrogens is 387 g/mol. The lowest BCUT2D eigenvalue weighted by molar-refractivity contribution is 0.242. The molecule has 20 heavy (non-hydrogen) atoms. The molecular formula is C16H15Br2FO. The zero-order valence-corrected chi connectivity index (χ0v) is 14.4. The fourth-order valence-electron chi connectivity index (χ4n) is 1.90. The number of halogens is 3. The molecule has 2 aromatic rings. The Morgan fingerprint density at radius 1 is 1.00 bits per heavy atom. The third-order valence-corrected chi connectivity index (χ3v) is 4.24. The van der Waals surface area contributed by atoms with Crippen LogP contribution in [0, 0.1) is 5.82 Å². The van der Waals surface area contributed by atoms with Crippen LogP contribution in [0.3, 0.4) is 0 Å². The fraction of sp³-hybridized carbons (Fsp3) is 0.250. The van der Waals surface area contributed by atoms with Crippen molar-refractivity contribution in [3.05, 3.63) is 63.9 Å². The maximum Gasteiger partial charge on any atom is 0.124 e. The average Bonchev–Trinajstić information content (AvgIpc) is 2.37. The van der Waals surface area contributed by atoms with Gasteiger partial charge in [-0.1, -0.05) is 44.0 Å². The number of ether oxygens (including phenoxy) is 1. The Morgan fingerprint density at radius 3 is 2.20 bits per heavy atom. The van der Waals surface area contributed by atoms with Gasteiger partial charge in [-0.2, -0.15) is 0 Å². The molecule has 0 aliphatic carbocycles. The lowest BCUT2D eigenvalue weighted by Gasteiger charge is -2.14. The van der Waals surface area contributed by atoms with Crippen LogP contribution in [0.15, 0.2) is 46.9 Å².